The molecule has 0 aliphatic heterocycles. The third-order valence-electron chi connectivity index (χ3n) is 2.69. The fourth-order valence-corrected chi connectivity index (χ4v) is 2.92. The summed E-state index contributed by atoms with van der Waals surface area (Å²) in [4.78, 5) is 11.8. The van der Waals surface area contributed by atoms with Gasteiger partial charge < -0.3 is 9.47 Å². The summed E-state index contributed by atoms with van der Waals surface area (Å²) in [7, 11) is -2.42. The molecule has 0 saturated carbocycles. The van der Waals surface area contributed by atoms with Crippen molar-refractivity contribution in [1.82, 2.24) is 4.72 Å². The van der Waals surface area contributed by atoms with Crippen molar-refractivity contribution >= 4 is 15.9 Å². The number of benzene rings is 1. The lowest BCUT2D eigenvalue weighted by molar-refractivity contribution is -0.129. The zero-order chi connectivity index (χ0) is 15.3. The first kappa shape index (κ1) is 16.5. The molecule has 112 valence electrons. The van der Waals surface area contributed by atoms with Crippen molar-refractivity contribution < 1.29 is 22.7 Å². The second-order valence-electron chi connectivity index (χ2n) is 4.20. The number of nitrogens with one attached hydrogen (secondary N) is 1. The predicted molar refractivity (Wildman–Crippen MR) is 74.1 cm³/mol. The van der Waals surface area contributed by atoms with Gasteiger partial charge in [-0.2, -0.15) is 0 Å². The number of amides is 1. The molecule has 1 rings (SSSR count). The summed E-state index contributed by atoms with van der Waals surface area (Å²) in [6.07, 6.45) is -0.826. The van der Waals surface area contributed by atoms with Gasteiger partial charge in [0.05, 0.1) is 12.0 Å². The summed E-state index contributed by atoms with van der Waals surface area (Å²) in [5.41, 5.74) is 0.494. The summed E-state index contributed by atoms with van der Waals surface area (Å²) in [6, 6.07) is 4.51. The molecule has 1 aromatic rings. The van der Waals surface area contributed by atoms with E-state index < -0.39 is 22.0 Å². The molecule has 0 bridgehead atoms. The molecule has 0 aliphatic carbocycles. The fourth-order valence-electron chi connectivity index (χ4n) is 1.65. The van der Waals surface area contributed by atoms with Gasteiger partial charge in [0.15, 0.2) is 0 Å². The van der Waals surface area contributed by atoms with Crippen LogP contribution in [-0.2, 0) is 19.6 Å². The van der Waals surface area contributed by atoms with Gasteiger partial charge in [0, 0.05) is 6.61 Å². The van der Waals surface area contributed by atoms with E-state index in [2.05, 4.69) is 0 Å². The third kappa shape index (κ3) is 3.94. The SMILES string of the molecule is CCO[C@H](C)C(=O)NS(=O)(=O)c1ccc(OC)cc1C. The maximum absolute atomic E-state index is 12.1. The first-order valence-electron chi connectivity index (χ1n) is 6.14. The molecule has 0 fully saturated rings. The molecule has 0 radical (unpaired) electrons. The number of carbonyl (C=O) groups is 1. The highest BCUT2D eigenvalue weighted by molar-refractivity contribution is 7.90. The summed E-state index contributed by atoms with van der Waals surface area (Å²) in [5, 5.41) is 0. The molecule has 6 nitrogen and oxygen atoms in total. The molecular formula is C13H19NO5S. The van der Waals surface area contributed by atoms with E-state index >= 15 is 0 Å². The van der Waals surface area contributed by atoms with Gasteiger partial charge >= 0.3 is 0 Å². The van der Waals surface area contributed by atoms with Crippen LogP contribution >= 0.6 is 0 Å². The van der Waals surface area contributed by atoms with E-state index in [4.69, 9.17) is 9.47 Å². The van der Waals surface area contributed by atoms with Crippen LogP contribution in [0.5, 0.6) is 5.75 Å². The maximum Gasteiger partial charge on any atom is 0.264 e. The normalized spacial score (nSPS) is 12.8. The predicted octanol–water partition coefficient (Wildman–Crippen LogP) is 1.23. The first-order chi connectivity index (χ1) is 9.31. The Hall–Kier alpha value is -1.60. The molecule has 0 heterocycles. The molecule has 0 unspecified atom stereocenters. The molecule has 1 amide bonds. The second-order valence-corrected chi connectivity index (χ2v) is 5.85. The van der Waals surface area contributed by atoms with Gasteiger partial charge in [0.1, 0.15) is 11.9 Å². The average Bonchev–Trinajstić information content (AvgIpc) is 2.37. The van der Waals surface area contributed by atoms with Crippen LogP contribution in [0.15, 0.2) is 23.1 Å². The Bertz CT molecular complexity index is 582. The van der Waals surface area contributed by atoms with Crippen LogP contribution in [-0.4, -0.2) is 34.1 Å². The molecule has 7 heteroatoms. The number of aryl methyl sites for hydroxylation is 1. The van der Waals surface area contributed by atoms with Crippen LogP contribution in [0.1, 0.15) is 19.4 Å². The van der Waals surface area contributed by atoms with E-state index in [1.165, 1.54) is 26.2 Å². The minimum absolute atomic E-state index is 0.0374. The molecule has 0 aliphatic rings. The number of rotatable bonds is 6. The lowest BCUT2D eigenvalue weighted by atomic mass is 10.2. The van der Waals surface area contributed by atoms with Crippen LogP contribution in [0.3, 0.4) is 0 Å². The third-order valence-corrected chi connectivity index (χ3v) is 4.20. The molecule has 1 atom stereocenters. The average molecular weight is 301 g/mol. The zero-order valence-electron chi connectivity index (χ0n) is 12.0. The van der Waals surface area contributed by atoms with Crippen LogP contribution in [0.2, 0.25) is 0 Å². The van der Waals surface area contributed by atoms with Crippen LogP contribution in [0.4, 0.5) is 0 Å². The summed E-state index contributed by atoms with van der Waals surface area (Å²) < 4.78 is 36.4. The number of carbonyl (C=O) groups excluding carboxylic acids is 1. The largest absolute Gasteiger partial charge is 0.497 e. The number of ether oxygens (including phenoxy) is 2. The van der Waals surface area contributed by atoms with Crippen molar-refractivity contribution in [2.75, 3.05) is 13.7 Å². The van der Waals surface area contributed by atoms with Gasteiger partial charge in [0.2, 0.25) is 0 Å². The highest BCUT2D eigenvalue weighted by atomic mass is 32.2. The molecule has 0 saturated heterocycles. The number of sulfonamides is 1. The Morgan fingerprint density at radius 1 is 1.40 bits per heavy atom. The van der Waals surface area contributed by atoms with E-state index in [-0.39, 0.29) is 4.90 Å². The second kappa shape index (κ2) is 6.71. The lowest BCUT2D eigenvalue weighted by Crippen LogP contribution is -2.38. The van der Waals surface area contributed by atoms with E-state index in [1.807, 2.05) is 4.72 Å². The van der Waals surface area contributed by atoms with Crippen molar-refractivity contribution in [2.24, 2.45) is 0 Å². The van der Waals surface area contributed by atoms with Crippen LogP contribution in [0, 0.1) is 6.92 Å². The van der Waals surface area contributed by atoms with Crippen molar-refractivity contribution in [2.45, 2.75) is 31.8 Å². The Morgan fingerprint density at radius 3 is 2.55 bits per heavy atom. The lowest BCUT2D eigenvalue weighted by Gasteiger charge is -2.14. The summed E-state index contributed by atoms with van der Waals surface area (Å²) in [5.74, 6) is -0.141. The van der Waals surface area contributed by atoms with Crippen molar-refractivity contribution in [3.8, 4) is 5.75 Å². The minimum atomic E-state index is -3.91. The topological polar surface area (TPSA) is 81.7 Å². The van der Waals surface area contributed by atoms with E-state index in [0.717, 1.165) is 0 Å². The van der Waals surface area contributed by atoms with Gasteiger partial charge in [-0.15, -0.1) is 0 Å². The monoisotopic (exact) mass is 301 g/mol. The molecule has 1 aromatic carbocycles. The number of hydrogen-bond acceptors (Lipinski definition) is 5. The molecule has 0 aromatic heterocycles. The molecule has 0 spiro atoms. The Labute approximate surface area is 119 Å². The van der Waals surface area contributed by atoms with Crippen molar-refractivity contribution in [1.29, 1.82) is 0 Å². The highest BCUT2D eigenvalue weighted by Gasteiger charge is 2.23. The number of hydrogen-bond donors (Lipinski definition) is 1. The van der Waals surface area contributed by atoms with E-state index in [9.17, 15) is 13.2 Å². The van der Waals surface area contributed by atoms with Gasteiger partial charge in [-0.25, -0.2) is 13.1 Å². The maximum atomic E-state index is 12.1. The Morgan fingerprint density at radius 2 is 2.05 bits per heavy atom. The molecular weight excluding hydrogens is 282 g/mol. The van der Waals surface area contributed by atoms with Crippen molar-refractivity contribution in [3.63, 3.8) is 0 Å². The molecule has 20 heavy (non-hydrogen) atoms. The summed E-state index contributed by atoms with van der Waals surface area (Å²) >= 11 is 0. The van der Waals surface area contributed by atoms with Crippen molar-refractivity contribution in [3.05, 3.63) is 23.8 Å². The smallest absolute Gasteiger partial charge is 0.264 e. The minimum Gasteiger partial charge on any atom is -0.497 e. The fraction of sp³-hybridized carbons (Fsp3) is 0.462. The van der Waals surface area contributed by atoms with Crippen LogP contribution in [0.25, 0.3) is 0 Å². The Balaban J connectivity index is 2.97. The summed E-state index contributed by atoms with van der Waals surface area (Å²) in [6.45, 7) is 5.19. The van der Waals surface area contributed by atoms with Crippen LogP contribution < -0.4 is 9.46 Å². The van der Waals surface area contributed by atoms with E-state index in [1.54, 1.807) is 19.9 Å². The first-order valence-corrected chi connectivity index (χ1v) is 7.63. The van der Waals surface area contributed by atoms with E-state index in [0.29, 0.717) is 17.9 Å². The Kier molecular flexibility index (Phi) is 5.52. The van der Waals surface area contributed by atoms with Gasteiger partial charge in [0.25, 0.3) is 15.9 Å². The number of methoxy groups -OCH3 is 1. The van der Waals surface area contributed by atoms with Gasteiger partial charge in [-0.3, -0.25) is 4.79 Å². The standard InChI is InChI=1S/C13H19NO5S/c1-5-19-10(3)13(15)14-20(16,17)12-7-6-11(18-4)8-9(12)2/h6-8,10H,5H2,1-4H3,(H,14,15)/t10-/m1/s1. The van der Waals surface area contributed by atoms with Gasteiger partial charge in [-0.05, 0) is 44.5 Å². The molecule has 1 N–H and O–H groups in total. The quantitative estimate of drug-likeness (QED) is 0.854. The highest BCUT2D eigenvalue weighted by Crippen LogP contribution is 2.20. The van der Waals surface area contributed by atoms with Gasteiger partial charge in [-0.1, -0.05) is 0 Å². The zero-order valence-corrected chi connectivity index (χ0v) is 12.8.